The van der Waals surface area contributed by atoms with Crippen LogP contribution in [0.4, 0.5) is 0 Å². The lowest BCUT2D eigenvalue weighted by atomic mass is 10.1. The quantitative estimate of drug-likeness (QED) is 0.713. The van der Waals surface area contributed by atoms with Gasteiger partial charge in [-0.15, -0.1) is 11.8 Å². The molecule has 0 amide bonds. The molecule has 1 heterocycles. The Morgan fingerprint density at radius 3 is 2.27 bits per heavy atom. The molecule has 1 saturated heterocycles. The Labute approximate surface area is 96.9 Å². The number of rotatable bonds is 1. The van der Waals surface area contributed by atoms with Crippen LogP contribution in [0.2, 0.25) is 0 Å². The molecule has 1 aliphatic rings. The molecular formula is C13H19NS. The highest BCUT2D eigenvalue weighted by Gasteiger charge is 2.42. The average Bonchev–Trinajstić information content (AvgIpc) is 2.44. The van der Waals surface area contributed by atoms with E-state index >= 15 is 0 Å². The summed E-state index contributed by atoms with van der Waals surface area (Å²) in [4.78, 5) is 2.72. The minimum absolute atomic E-state index is 0.250. The smallest absolute Gasteiger partial charge is 0.0620 e. The number of thioether (sulfide) groups is 1. The first-order valence-corrected chi connectivity index (χ1v) is 6.36. The zero-order chi connectivity index (χ0) is 11.1. The van der Waals surface area contributed by atoms with Gasteiger partial charge in [-0.3, -0.25) is 4.90 Å². The van der Waals surface area contributed by atoms with Crippen molar-refractivity contribution < 1.29 is 0 Å². The van der Waals surface area contributed by atoms with Crippen LogP contribution in [0, 0.1) is 0 Å². The number of hydrogen-bond acceptors (Lipinski definition) is 2. The molecule has 1 aliphatic heterocycles. The maximum absolute atomic E-state index is 2.47. The molecule has 2 atom stereocenters. The van der Waals surface area contributed by atoms with Crippen molar-refractivity contribution in [3.05, 3.63) is 35.9 Å². The van der Waals surface area contributed by atoms with Gasteiger partial charge in [0.2, 0.25) is 0 Å². The van der Waals surface area contributed by atoms with Crippen molar-refractivity contribution >= 4 is 11.8 Å². The molecule has 0 aliphatic carbocycles. The highest BCUT2D eigenvalue weighted by Crippen LogP contribution is 2.50. The molecule has 0 bridgehead atoms. The van der Waals surface area contributed by atoms with Crippen molar-refractivity contribution in [2.45, 2.75) is 36.9 Å². The molecule has 0 aromatic heterocycles. The standard InChI is InChI=1S/C13H19NS/c1-10-12(11-8-6-5-7-9-11)15-13(2,3)14(10)4/h5-10,12H,1-4H3/t10-,12+/m1/s1. The summed E-state index contributed by atoms with van der Waals surface area (Å²) in [5.74, 6) is 0. The van der Waals surface area contributed by atoms with Crippen LogP contribution in [0.5, 0.6) is 0 Å². The predicted octanol–water partition coefficient (Wildman–Crippen LogP) is 3.53. The highest BCUT2D eigenvalue weighted by atomic mass is 32.2. The van der Waals surface area contributed by atoms with E-state index in [1.165, 1.54) is 5.56 Å². The predicted molar refractivity (Wildman–Crippen MR) is 68.1 cm³/mol. The van der Waals surface area contributed by atoms with E-state index in [2.05, 4.69) is 74.8 Å². The van der Waals surface area contributed by atoms with E-state index in [0.29, 0.717) is 11.3 Å². The van der Waals surface area contributed by atoms with Crippen LogP contribution >= 0.6 is 11.8 Å². The third-order valence-electron chi connectivity index (χ3n) is 3.44. The van der Waals surface area contributed by atoms with Gasteiger partial charge in [0.25, 0.3) is 0 Å². The number of hydrogen-bond donors (Lipinski definition) is 0. The molecule has 0 radical (unpaired) electrons. The SMILES string of the molecule is C[C@@H]1[C@@H](c2ccccc2)SC(C)(C)N1C. The van der Waals surface area contributed by atoms with Crippen LogP contribution in [0.3, 0.4) is 0 Å². The summed E-state index contributed by atoms with van der Waals surface area (Å²) >= 11 is 2.06. The summed E-state index contributed by atoms with van der Waals surface area (Å²) in [6.45, 7) is 6.92. The zero-order valence-electron chi connectivity index (χ0n) is 9.90. The van der Waals surface area contributed by atoms with Crippen molar-refractivity contribution in [2.24, 2.45) is 0 Å². The van der Waals surface area contributed by atoms with Crippen molar-refractivity contribution in [2.75, 3.05) is 7.05 Å². The van der Waals surface area contributed by atoms with E-state index < -0.39 is 0 Å². The van der Waals surface area contributed by atoms with Gasteiger partial charge in [-0.1, -0.05) is 30.3 Å². The Kier molecular flexibility index (Phi) is 2.82. The number of nitrogens with zero attached hydrogens (tertiary/aromatic N) is 1. The lowest BCUT2D eigenvalue weighted by Gasteiger charge is -2.28. The van der Waals surface area contributed by atoms with Gasteiger partial charge in [0.05, 0.1) is 4.87 Å². The molecule has 0 unspecified atom stereocenters. The summed E-state index contributed by atoms with van der Waals surface area (Å²) < 4.78 is 0. The van der Waals surface area contributed by atoms with Gasteiger partial charge in [-0.25, -0.2) is 0 Å². The van der Waals surface area contributed by atoms with Crippen LogP contribution in [0.15, 0.2) is 30.3 Å². The summed E-state index contributed by atoms with van der Waals surface area (Å²) in [5, 5.41) is 0.603. The molecule has 1 aromatic rings. The van der Waals surface area contributed by atoms with Gasteiger partial charge in [0.1, 0.15) is 0 Å². The van der Waals surface area contributed by atoms with Gasteiger partial charge >= 0.3 is 0 Å². The molecule has 2 rings (SSSR count). The third kappa shape index (κ3) is 1.93. The second kappa shape index (κ2) is 3.84. The number of likely N-dealkylation sites (N-methyl/N-ethyl adjacent to an activating group) is 1. The van der Waals surface area contributed by atoms with Gasteiger partial charge in [-0.2, -0.15) is 0 Å². The summed E-state index contributed by atoms with van der Waals surface area (Å²) in [6.07, 6.45) is 0. The Bertz CT molecular complexity index is 334. The second-order valence-electron chi connectivity index (χ2n) is 4.75. The molecule has 0 spiro atoms. The molecule has 82 valence electrons. The van der Waals surface area contributed by atoms with E-state index in [0.717, 1.165) is 0 Å². The Balaban J connectivity index is 2.27. The fraction of sp³-hybridized carbons (Fsp3) is 0.538. The van der Waals surface area contributed by atoms with Crippen molar-refractivity contribution in [3.63, 3.8) is 0 Å². The molecular weight excluding hydrogens is 202 g/mol. The van der Waals surface area contributed by atoms with Crippen LogP contribution in [-0.4, -0.2) is 22.9 Å². The van der Waals surface area contributed by atoms with Gasteiger partial charge in [-0.05, 0) is 33.4 Å². The van der Waals surface area contributed by atoms with Crippen LogP contribution in [0.1, 0.15) is 31.6 Å². The average molecular weight is 221 g/mol. The maximum atomic E-state index is 2.47. The minimum atomic E-state index is 0.250. The van der Waals surface area contributed by atoms with E-state index in [4.69, 9.17) is 0 Å². The molecule has 2 heteroatoms. The summed E-state index contributed by atoms with van der Waals surface area (Å²) in [7, 11) is 2.22. The summed E-state index contributed by atoms with van der Waals surface area (Å²) in [5.41, 5.74) is 1.45. The van der Waals surface area contributed by atoms with E-state index in [1.807, 2.05) is 0 Å². The van der Waals surface area contributed by atoms with Gasteiger partial charge in [0, 0.05) is 11.3 Å². The fourth-order valence-electron chi connectivity index (χ4n) is 2.18. The van der Waals surface area contributed by atoms with Crippen molar-refractivity contribution in [1.29, 1.82) is 0 Å². The van der Waals surface area contributed by atoms with E-state index in [-0.39, 0.29) is 4.87 Å². The zero-order valence-corrected chi connectivity index (χ0v) is 10.7. The van der Waals surface area contributed by atoms with Crippen molar-refractivity contribution in [3.8, 4) is 0 Å². The monoisotopic (exact) mass is 221 g/mol. The summed E-state index contributed by atoms with van der Waals surface area (Å²) in [6, 6.07) is 11.4. The second-order valence-corrected chi connectivity index (χ2v) is 6.49. The normalized spacial score (nSPS) is 30.7. The topological polar surface area (TPSA) is 3.24 Å². The van der Waals surface area contributed by atoms with Crippen LogP contribution < -0.4 is 0 Å². The van der Waals surface area contributed by atoms with E-state index in [9.17, 15) is 0 Å². The molecule has 0 N–H and O–H groups in total. The third-order valence-corrected chi connectivity index (χ3v) is 5.23. The maximum Gasteiger partial charge on any atom is 0.0620 e. The molecule has 1 aromatic carbocycles. The molecule has 0 saturated carbocycles. The molecule has 1 nitrogen and oxygen atoms in total. The lowest BCUT2D eigenvalue weighted by molar-refractivity contribution is 0.205. The Morgan fingerprint density at radius 2 is 1.80 bits per heavy atom. The van der Waals surface area contributed by atoms with Crippen LogP contribution in [-0.2, 0) is 0 Å². The highest BCUT2D eigenvalue weighted by molar-refractivity contribution is 8.01. The first kappa shape index (κ1) is 11.0. The molecule has 1 fully saturated rings. The fourth-order valence-corrected chi connectivity index (χ4v) is 3.80. The van der Waals surface area contributed by atoms with Crippen molar-refractivity contribution in [1.82, 2.24) is 4.90 Å². The van der Waals surface area contributed by atoms with Crippen LogP contribution in [0.25, 0.3) is 0 Å². The first-order chi connectivity index (χ1) is 7.02. The Morgan fingerprint density at radius 1 is 1.20 bits per heavy atom. The van der Waals surface area contributed by atoms with Gasteiger partial charge in [0.15, 0.2) is 0 Å². The number of benzene rings is 1. The lowest BCUT2D eigenvalue weighted by Crippen LogP contribution is -2.37. The largest absolute Gasteiger partial charge is 0.288 e. The molecule has 15 heavy (non-hydrogen) atoms. The van der Waals surface area contributed by atoms with E-state index in [1.54, 1.807) is 0 Å². The minimum Gasteiger partial charge on any atom is -0.288 e. The van der Waals surface area contributed by atoms with Gasteiger partial charge < -0.3 is 0 Å². The first-order valence-electron chi connectivity index (χ1n) is 5.48. The Hall–Kier alpha value is -0.470.